The Hall–Kier alpha value is -1.37. The number of nitrogens with one attached hydrogen (secondary N) is 2. The Kier molecular flexibility index (Phi) is 5.03. The number of rotatable bonds is 7. The molecular weight excluding hydrogens is 288 g/mol. The lowest BCUT2D eigenvalue weighted by Crippen LogP contribution is -2.33. The van der Waals surface area contributed by atoms with Crippen LogP contribution in [0.1, 0.15) is 18.2 Å². The summed E-state index contributed by atoms with van der Waals surface area (Å²) in [7, 11) is -1.79. The van der Waals surface area contributed by atoms with Gasteiger partial charge in [0.05, 0.1) is 11.9 Å². The van der Waals surface area contributed by atoms with E-state index >= 15 is 0 Å². The van der Waals surface area contributed by atoms with Gasteiger partial charge in [0.25, 0.3) is 0 Å². The van der Waals surface area contributed by atoms with Crippen LogP contribution in [0.5, 0.6) is 0 Å². The van der Waals surface area contributed by atoms with Crippen molar-refractivity contribution >= 4 is 20.9 Å². The minimum absolute atomic E-state index is 0.0175. The standard InChI is InChI=1S/C15H22N2O3S/c1-11(20-3)10-21(18,19)16-9-8-13-12(2)17-15-7-5-4-6-14(13)15/h4-7,11,16-17H,8-10H2,1-3H3/t11-/m1/s1. The fourth-order valence-electron chi connectivity index (χ4n) is 2.42. The van der Waals surface area contributed by atoms with Gasteiger partial charge < -0.3 is 9.72 Å². The number of benzene rings is 1. The molecule has 2 aromatic rings. The van der Waals surface area contributed by atoms with Crippen LogP contribution < -0.4 is 4.72 Å². The monoisotopic (exact) mass is 310 g/mol. The number of fused-ring (bicyclic) bond motifs is 1. The maximum atomic E-state index is 11.9. The predicted molar refractivity (Wildman–Crippen MR) is 85.0 cm³/mol. The molecule has 0 bridgehead atoms. The van der Waals surface area contributed by atoms with Crippen molar-refractivity contribution in [3.63, 3.8) is 0 Å². The Labute approximate surface area is 125 Å². The number of hydrogen-bond acceptors (Lipinski definition) is 3. The summed E-state index contributed by atoms with van der Waals surface area (Å²) in [4.78, 5) is 3.32. The Morgan fingerprint density at radius 2 is 2.05 bits per heavy atom. The number of aromatic nitrogens is 1. The fourth-order valence-corrected chi connectivity index (χ4v) is 3.71. The van der Waals surface area contributed by atoms with E-state index in [9.17, 15) is 8.42 Å². The molecule has 5 nitrogen and oxygen atoms in total. The van der Waals surface area contributed by atoms with E-state index in [1.165, 1.54) is 7.11 Å². The average molecular weight is 310 g/mol. The lowest BCUT2D eigenvalue weighted by atomic mass is 10.1. The zero-order valence-corrected chi connectivity index (χ0v) is 13.5. The van der Waals surface area contributed by atoms with Crippen molar-refractivity contribution in [1.29, 1.82) is 0 Å². The molecule has 0 spiro atoms. The molecule has 6 heteroatoms. The molecule has 2 N–H and O–H groups in total. The van der Waals surface area contributed by atoms with Crippen molar-refractivity contribution in [2.24, 2.45) is 0 Å². The molecule has 0 saturated carbocycles. The predicted octanol–water partition coefficient (Wildman–Crippen LogP) is 1.97. The molecule has 0 aliphatic rings. The molecule has 2 rings (SSSR count). The second kappa shape index (κ2) is 6.60. The minimum Gasteiger partial charge on any atom is -0.381 e. The molecular formula is C15H22N2O3S. The minimum atomic E-state index is -3.30. The second-order valence-electron chi connectivity index (χ2n) is 5.25. The van der Waals surface area contributed by atoms with Crippen molar-refractivity contribution in [2.45, 2.75) is 26.4 Å². The van der Waals surface area contributed by atoms with Crippen LogP contribution in [0, 0.1) is 6.92 Å². The Balaban J connectivity index is 2.01. The highest BCUT2D eigenvalue weighted by Crippen LogP contribution is 2.21. The Morgan fingerprint density at radius 3 is 2.76 bits per heavy atom. The first-order chi connectivity index (χ1) is 9.93. The Bertz CT molecular complexity index is 707. The normalized spacial score (nSPS) is 13.7. The van der Waals surface area contributed by atoms with Crippen LogP contribution in [-0.4, -0.2) is 38.9 Å². The number of H-pyrrole nitrogens is 1. The van der Waals surface area contributed by atoms with Gasteiger partial charge in [-0.3, -0.25) is 0 Å². The highest BCUT2D eigenvalue weighted by atomic mass is 32.2. The molecule has 1 aromatic carbocycles. The van der Waals surface area contributed by atoms with E-state index in [1.807, 2.05) is 25.1 Å². The van der Waals surface area contributed by atoms with Gasteiger partial charge in [0.2, 0.25) is 10.0 Å². The second-order valence-corrected chi connectivity index (χ2v) is 7.10. The van der Waals surface area contributed by atoms with E-state index in [-0.39, 0.29) is 11.9 Å². The van der Waals surface area contributed by atoms with Crippen molar-refractivity contribution in [2.75, 3.05) is 19.4 Å². The lowest BCUT2D eigenvalue weighted by molar-refractivity contribution is 0.136. The number of para-hydroxylation sites is 1. The maximum Gasteiger partial charge on any atom is 0.214 e. The van der Waals surface area contributed by atoms with Crippen molar-refractivity contribution in [3.05, 3.63) is 35.5 Å². The molecule has 0 aliphatic heterocycles. The van der Waals surface area contributed by atoms with Crippen LogP contribution in [0.2, 0.25) is 0 Å². The summed E-state index contributed by atoms with van der Waals surface area (Å²) in [5, 5.41) is 1.15. The summed E-state index contributed by atoms with van der Waals surface area (Å²) in [6, 6.07) is 8.05. The first-order valence-electron chi connectivity index (χ1n) is 6.99. The van der Waals surface area contributed by atoms with Crippen LogP contribution in [0.3, 0.4) is 0 Å². The largest absolute Gasteiger partial charge is 0.381 e. The highest BCUT2D eigenvalue weighted by Gasteiger charge is 2.15. The molecule has 21 heavy (non-hydrogen) atoms. The number of sulfonamides is 1. The van der Waals surface area contributed by atoms with Crippen LogP contribution in [-0.2, 0) is 21.2 Å². The summed E-state index contributed by atoms with van der Waals surface area (Å²) in [5.74, 6) is -0.0175. The van der Waals surface area contributed by atoms with Crippen LogP contribution in [0.4, 0.5) is 0 Å². The summed E-state index contributed by atoms with van der Waals surface area (Å²) < 4.78 is 31.4. The summed E-state index contributed by atoms with van der Waals surface area (Å²) in [6.45, 7) is 4.14. The third-order valence-electron chi connectivity index (χ3n) is 3.58. The first kappa shape index (κ1) is 16.0. The quantitative estimate of drug-likeness (QED) is 0.821. The molecule has 0 aliphatic carbocycles. The summed E-state index contributed by atoms with van der Waals surface area (Å²) in [5.41, 5.74) is 3.33. The average Bonchev–Trinajstić information content (AvgIpc) is 2.74. The van der Waals surface area contributed by atoms with Crippen LogP contribution in [0.25, 0.3) is 10.9 Å². The van der Waals surface area contributed by atoms with Gasteiger partial charge in [-0.15, -0.1) is 0 Å². The topological polar surface area (TPSA) is 71.2 Å². The number of aromatic amines is 1. The summed E-state index contributed by atoms with van der Waals surface area (Å²) >= 11 is 0. The lowest BCUT2D eigenvalue weighted by Gasteiger charge is -2.11. The van der Waals surface area contributed by atoms with Crippen molar-refractivity contribution < 1.29 is 13.2 Å². The smallest absolute Gasteiger partial charge is 0.214 e. The van der Waals surface area contributed by atoms with Crippen molar-refractivity contribution in [1.82, 2.24) is 9.71 Å². The number of hydrogen-bond donors (Lipinski definition) is 2. The van der Waals surface area contributed by atoms with Gasteiger partial charge in [-0.1, -0.05) is 18.2 Å². The van der Waals surface area contributed by atoms with Gasteiger partial charge in [0.1, 0.15) is 0 Å². The van der Waals surface area contributed by atoms with Gasteiger partial charge in [-0.25, -0.2) is 13.1 Å². The number of methoxy groups -OCH3 is 1. The first-order valence-corrected chi connectivity index (χ1v) is 8.64. The van der Waals surface area contributed by atoms with E-state index in [1.54, 1.807) is 6.92 Å². The molecule has 0 unspecified atom stereocenters. The van der Waals surface area contributed by atoms with E-state index < -0.39 is 10.0 Å². The van der Waals surface area contributed by atoms with E-state index in [0.717, 1.165) is 22.2 Å². The molecule has 1 heterocycles. The maximum absolute atomic E-state index is 11.9. The van der Waals surface area contributed by atoms with Gasteiger partial charge in [0.15, 0.2) is 0 Å². The number of ether oxygens (including phenoxy) is 1. The van der Waals surface area contributed by atoms with Crippen molar-refractivity contribution in [3.8, 4) is 0 Å². The summed E-state index contributed by atoms with van der Waals surface area (Å²) in [6.07, 6.45) is 0.355. The zero-order valence-electron chi connectivity index (χ0n) is 12.6. The van der Waals surface area contributed by atoms with Gasteiger partial charge in [-0.05, 0) is 31.9 Å². The Morgan fingerprint density at radius 1 is 1.33 bits per heavy atom. The zero-order chi connectivity index (χ0) is 15.5. The third kappa shape index (κ3) is 4.06. The molecule has 0 amide bonds. The molecule has 0 saturated heterocycles. The van der Waals surface area contributed by atoms with Crippen LogP contribution in [0.15, 0.2) is 24.3 Å². The van der Waals surface area contributed by atoms with Gasteiger partial charge in [0, 0.05) is 30.3 Å². The van der Waals surface area contributed by atoms with Gasteiger partial charge >= 0.3 is 0 Å². The SMILES string of the molecule is CO[C@H](C)CS(=O)(=O)NCCc1c(C)[nH]c2ccccc12. The van der Waals surface area contributed by atoms with E-state index in [4.69, 9.17) is 4.74 Å². The third-order valence-corrected chi connectivity index (χ3v) is 5.13. The highest BCUT2D eigenvalue weighted by molar-refractivity contribution is 7.89. The van der Waals surface area contributed by atoms with E-state index in [0.29, 0.717) is 13.0 Å². The molecule has 1 atom stereocenters. The number of aryl methyl sites for hydroxylation is 1. The molecule has 1 aromatic heterocycles. The fraction of sp³-hybridized carbons (Fsp3) is 0.467. The molecule has 0 radical (unpaired) electrons. The molecule has 0 fully saturated rings. The van der Waals surface area contributed by atoms with E-state index in [2.05, 4.69) is 15.8 Å². The molecule has 116 valence electrons. The van der Waals surface area contributed by atoms with Crippen LogP contribution >= 0.6 is 0 Å². The van der Waals surface area contributed by atoms with Gasteiger partial charge in [-0.2, -0.15) is 0 Å².